The van der Waals surface area contributed by atoms with E-state index in [4.69, 9.17) is 10.2 Å². The number of carbonyl (C=O) groups excluding carboxylic acids is 1. The monoisotopic (exact) mass is 279 g/mol. The molecule has 1 rings (SSSR count). The van der Waals surface area contributed by atoms with Gasteiger partial charge in [0.05, 0.1) is 6.61 Å². The first-order chi connectivity index (χ1) is 8.78. The Morgan fingerprint density at radius 2 is 1.79 bits per heavy atom. The molecular formula is C11H12F3NO4. The first kappa shape index (κ1) is 15.1. The molecule has 0 aromatic heterocycles. The predicted molar refractivity (Wildman–Crippen MR) is 59.0 cm³/mol. The van der Waals surface area contributed by atoms with Crippen LogP contribution < -0.4 is 5.32 Å². The van der Waals surface area contributed by atoms with Gasteiger partial charge in [0.1, 0.15) is 18.1 Å². The molecule has 8 heteroatoms. The van der Waals surface area contributed by atoms with E-state index in [0.29, 0.717) is 0 Å². The highest BCUT2D eigenvalue weighted by Gasteiger charge is 2.27. The average Bonchev–Trinajstić information content (AvgIpc) is 2.25. The lowest BCUT2D eigenvalue weighted by atomic mass is 10.2. The molecule has 1 aromatic carbocycles. The van der Waals surface area contributed by atoms with Crippen molar-refractivity contribution in [3.05, 3.63) is 23.8 Å². The molecule has 19 heavy (non-hydrogen) atoms. The molecule has 0 heterocycles. The van der Waals surface area contributed by atoms with E-state index in [9.17, 15) is 18.0 Å². The number of halogens is 3. The number of hydrogen-bond acceptors (Lipinski definition) is 4. The van der Waals surface area contributed by atoms with Gasteiger partial charge in [-0.25, -0.2) is 0 Å². The highest BCUT2D eigenvalue weighted by Crippen LogP contribution is 2.20. The van der Waals surface area contributed by atoms with Crippen molar-refractivity contribution in [3.63, 3.8) is 0 Å². The Morgan fingerprint density at radius 3 is 2.32 bits per heavy atom. The van der Waals surface area contributed by atoms with Gasteiger partial charge in [-0.1, -0.05) is 0 Å². The number of amides is 1. The van der Waals surface area contributed by atoms with Gasteiger partial charge in [-0.3, -0.25) is 4.79 Å². The summed E-state index contributed by atoms with van der Waals surface area (Å²) in [6.07, 6.45) is -4.40. The molecule has 0 bridgehead atoms. The van der Waals surface area contributed by atoms with Crippen LogP contribution in [0.1, 0.15) is 10.4 Å². The SMILES string of the molecule is O=C(NCCOCC(F)(F)F)c1cc(O)cc(O)c1. The summed E-state index contributed by atoms with van der Waals surface area (Å²) >= 11 is 0. The summed E-state index contributed by atoms with van der Waals surface area (Å²) in [4.78, 5) is 11.5. The zero-order valence-electron chi connectivity index (χ0n) is 9.70. The fourth-order valence-corrected chi connectivity index (χ4v) is 1.25. The minimum atomic E-state index is -4.40. The number of phenolic OH excluding ortho intramolecular Hbond substituents is 2. The maximum absolute atomic E-state index is 11.7. The third-order valence-corrected chi connectivity index (χ3v) is 1.96. The second-order valence-corrected chi connectivity index (χ2v) is 3.66. The third-order valence-electron chi connectivity index (χ3n) is 1.96. The minimum Gasteiger partial charge on any atom is -0.508 e. The Bertz CT molecular complexity index is 428. The zero-order chi connectivity index (χ0) is 14.5. The maximum Gasteiger partial charge on any atom is 0.411 e. The first-order valence-electron chi connectivity index (χ1n) is 5.23. The molecule has 0 atom stereocenters. The van der Waals surface area contributed by atoms with Crippen LogP contribution in [0.4, 0.5) is 13.2 Å². The van der Waals surface area contributed by atoms with Gasteiger partial charge < -0.3 is 20.3 Å². The Labute approximate surface area is 106 Å². The van der Waals surface area contributed by atoms with E-state index in [1.165, 1.54) is 0 Å². The van der Waals surface area contributed by atoms with Crippen molar-refractivity contribution >= 4 is 5.91 Å². The summed E-state index contributed by atoms with van der Waals surface area (Å²) in [5.74, 6) is -1.22. The third kappa shape index (κ3) is 5.96. The van der Waals surface area contributed by atoms with Gasteiger partial charge in [0.2, 0.25) is 0 Å². The highest BCUT2D eigenvalue weighted by atomic mass is 19.4. The van der Waals surface area contributed by atoms with Crippen LogP contribution in [-0.4, -0.2) is 42.1 Å². The quantitative estimate of drug-likeness (QED) is 0.712. The summed E-state index contributed by atoms with van der Waals surface area (Å²) in [6.45, 7) is -1.79. The normalized spacial score (nSPS) is 11.3. The maximum atomic E-state index is 11.7. The second kappa shape index (κ2) is 6.28. The number of carbonyl (C=O) groups is 1. The molecule has 3 N–H and O–H groups in total. The lowest BCUT2D eigenvalue weighted by Crippen LogP contribution is -2.28. The summed E-state index contributed by atoms with van der Waals surface area (Å²) in [5, 5.41) is 20.6. The number of nitrogens with one attached hydrogen (secondary N) is 1. The largest absolute Gasteiger partial charge is 0.508 e. The summed E-state index contributed by atoms with van der Waals surface area (Å²) in [7, 11) is 0. The van der Waals surface area contributed by atoms with Gasteiger partial charge in [0, 0.05) is 18.2 Å². The number of aromatic hydroxyl groups is 2. The van der Waals surface area contributed by atoms with E-state index in [-0.39, 0.29) is 30.2 Å². The Morgan fingerprint density at radius 1 is 1.21 bits per heavy atom. The lowest BCUT2D eigenvalue weighted by molar-refractivity contribution is -0.173. The van der Waals surface area contributed by atoms with Gasteiger partial charge in [0.15, 0.2) is 0 Å². The van der Waals surface area contributed by atoms with Crippen molar-refractivity contribution in [2.75, 3.05) is 19.8 Å². The van der Waals surface area contributed by atoms with Gasteiger partial charge in [0.25, 0.3) is 5.91 Å². The summed E-state index contributed by atoms with van der Waals surface area (Å²) in [5.41, 5.74) is -0.00618. The number of benzene rings is 1. The van der Waals surface area contributed by atoms with Crippen molar-refractivity contribution < 1.29 is 32.9 Å². The summed E-state index contributed by atoms with van der Waals surface area (Å²) in [6, 6.07) is 3.28. The molecule has 0 aliphatic carbocycles. The van der Waals surface area contributed by atoms with E-state index >= 15 is 0 Å². The van der Waals surface area contributed by atoms with Crippen LogP contribution in [0, 0.1) is 0 Å². The van der Waals surface area contributed by atoms with E-state index < -0.39 is 18.7 Å². The van der Waals surface area contributed by atoms with Gasteiger partial charge in [-0.15, -0.1) is 0 Å². The molecule has 1 aromatic rings. The van der Waals surface area contributed by atoms with Gasteiger partial charge in [-0.2, -0.15) is 13.2 Å². The molecule has 0 fully saturated rings. The standard InChI is InChI=1S/C11H12F3NO4/c12-11(13,14)6-19-2-1-15-10(18)7-3-8(16)5-9(17)4-7/h3-5,16-17H,1-2,6H2,(H,15,18). The Kier molecular flexibility index (Phi) is 4.99. The number of rotatable bonds is 5. The van der Waals surface area contributed by atoms with Crippen LogP contribution in [0.3, 0.4) is 0 Å². The van der Waals surface area contributed by atoms with E-state index in [0.717, 1.165) is 18.2 Å². The van der Waals surface area contributed by atoms with E-state index in [2.05, 4.69) is 10.1 Å². The molecule has 0 unspecified atom stereocenters. The fraction of sp³-hybridized carbons (Fsp3) is 0.364. The fourth-order valence-electron chi connectivity index (χ4n) is 1.25. The van der Waals surface area contributed by atoms with Crippen molar-refractivity contribution in [3.8, 4) is 11.5 Å². The molecular weight excluding hydrogens is 267 g/mol. The van der Waals surface area contributed by atoms with Crippen LogP contribution >= 0.6 is 0 Å². The zero-order valence-corrected chi connectivity index (χ0v) is 9.70. The molecule has 0 saturated heterocycles. The summed E-state index contributed by atoms with van der Waals surface area (Å²) < 4.78 is 39.5. The molecule has 0 saturated carbocycles. The molecule has 1 amide bonds. The van der Waals surface area contributed by atoms with Crippen LogP contribution in [0.25, 0.3) is 0 Å². The topological polar surface area (TPSA) is 78.8 Å². The van der Waals surface area contributed by atoms with Gasteiger partial charge >= 0.3 is 6.18 Å². The van der Waals surface area contributed by atoms with Crippen LogP contribution in [0.15, 0.2) is 18.2 Å². The van der Waals surface area contributed by atoms with E-state index in [1.807, 2.05) is 0 Å². The molecule has 0 spiro atoms. The Hall–Kier alpha value is -1.96. The lowest BCUT2D eigenvalue weighted by Gasteiger charge is -2.09. The molecule has 0 aliphatic heterocycles. The average molecular weight is 279 g/mol. The van der Waals surface area contributed by atoms with Crippen molar-refractivity contribution in [1.82, 2.24) is 5.32 Å². The van der Waals surface area contributed by atoms with Crippen molar-refractivity contribution in [2.45, 2.75) is 6.18 Å². The number of hydrogen-bond donors (Lipinski definition) is 3. The number of alkyl halides is 3. The predicted octanol–water partition coefficient (Wildman–Crippen LogP) is 1.41. The van der Waals surface area contributed by atoms with E-state index in [1.54, 1.807) is 0 Å². The molecule has 5 nitrogen and oxygen atoms in total. The van der Waals surface area contributed by atoms with Gasteiger partial charge in [-0.05, 0) is 12.1 Å². The minimum absolute atomic E-state index is 0.00618. The number of phenols is 2. The Balaban J connectivity index is 2.35. The van der Waals surface area contributed by atoms with Crippen LogP contribution in [0.5, 0.6) is 11.5 Å². The van der Waals surface area contributed by atoms with Crippen molar-refractivity contribution in [1.29, 1.82) is 0 Å². The molecule has 106 valence electrons. The first-order valence-corrected chi connectivity index (χ1v) is 5.23. The number of ether oxygens (including phenoxy) is 1. The van der Waals surface area contributed by atoms with Crippen LogP contribution in [-0.2, 0) is 4.74 Å². The highest BCUT2D eigenvalue weighted by molar-refractivity contribution is 5.95. The van der Waals surface area contributed by atoms with Crippen LogP contribution in [0.2, 0.25) is 0 Å². The second-order valence-electron chi connectivity index (χ2n) is 3.66. The molecule has 0 radical (unpaired) electrons. The molecule has 0 aliphatic rings. The van der Waals surface area contributed by atoms with Crippen molar-refractivity contribution in [2.24, 2.45) is 0 Å². The smallest absolute Gasteiger partial charge is 0.411 e.